The van der Waals surface area contributed by atoms with Gasteiger partial charge in [-0.2, -0.15) is 13.2 Å². The number of esters is 1. The topological polar surface area (TPSA) is 39.2 Å². The molecular weight excluding hydrogens is 271 g/mol. The molecule has 0 atom stereocenters. The molecule has 1 heterocycles. The van der Waals surface area contributed by atoms with E-state index < -0.39 is 17.8 Å². The Hall–Kier alpha value is -1.56. The van der Waals surface area contributed by atoms with Crippen LogP contribution in [0.25, 0.3) is 6.08 Å². The summed E-state index contributed by atoms with van der Waals surface area (Å²) in [6.45, 7) is 1.74. The third-order valence-electron chi connectivity index (χ3n) is 1.85. The van der Waals surface area contributed by atoms with Crippen LogP contribution >= 0.6 is 11.6 Å². The summed E-state index contributed by atoms with van der Waals surface area (Å²) < 4.78 is 42.4. The molecule has 0 saturated carbocycles. The SMILES string of the molecule is CCOC(=O)/C=C/c1ccc(Cl)nc1C(F)(F)F. The molecule has 98 valence electrons. The van der Waals surface area contributed by atoms with Gasteiger partial charge < -0.3 is 4.74 Å². The summed E-state index contributed by atoms with van der Waals surface area (Å²) in [6, 6.07) is 2.34. The van der Waals surface area contributed by atoms with Gasteiger partial charge in [0.15, 0.2) is 5.69 Å². The number of rotatable bonds is 3. The summed E-state index contributed by atoms with van der Waals surface area (Å²) in [5.41, 5.74) is -1.39. The maximum Gasteiger partial charge on any atom is 0.433 e. The van der Waals surface area contributed by atoms with Crippen molar-refractivity contribution in [1.29, 1.82) is 0 Å². The van der Waals surface area contributed by atoms with Crippen molar-refractivity contribution < 1.29 is 22.7 Å². The smallest absolute Gasteiger partial charge is 0.433 e. The van der Waals surface area contributed by atoms with Gasteiger partial charge in [0.1, 0.15) is 5.15 Å². The van der Waals surface area contributed by atoms with Gasteiger partial charge in [-0.05, 0) is 25.1 Å². The molecule has 0 amide bonds. The summed E-state index contributed by atoms with van der Waals surface area (Å²) in [6.07, 6.45) is -2.74. The van der Waals surface area contributed by atoms with Crippen molar-refractivity contribution in [1.82, 2.24) is 4.98 Å². The van der Waals surface area contributed by atoms with Crippen molar-refractivity contribution in [3.05, 3.63) is 34.6 Å². The molecule has 0 aliphatic carbocycles. The second-order valence-corrected chi connectivity index (χ2v) is 3.54. The van der Waals surface area contributed by atoms with E-state index in [0.717, 1.165) is 18.2 Å². The Morgan fingerprint density at radius 1 is 1.50 bits per heavy atom. The van der Waals surface area contributed by atoms with Crippen LogP contribution in [0.2, 0.25) is 5.15 Å². The van der Waals surface area contributed by atoms with E-state index in [4.69, 9.17) is 11.6 Å². The molecule has 18 heavy (non-hydrogen) atoms. The molecule has 0 spiro atoms. The number of pyridine rings is 1. The maximum absolute atomic E-state index is 12.6. The van der Waals surface area contributed by atoms with Gasteiger partial charge in [0, 0.05) is 11.6 Å². The minimum atomic E-state index is -4.64. The third kappa shape index (κ3) is 4.03. The van der Waals surface area contributed by atoms with Crippen LogP contribution in [0.1, 0.15) is 18.2 Å². The van der Waals surface area contributed by atoms with Gasteiger partial charge in [-0.25, -0.2) is 9.78 Å². The molecule has 0 radical (unpaired) electrons. The molecule has 0 saturated heterocycles. The first-order valence-corrected chi connectivity index (χ1v) is 5.31. The fraction of sp³-hybridized carbons (Fsp3) is 0.273. The number of alkyl halides is 3. The number of halogens is 4. The Bertz CT molecular complexity index is 472. The van der Waals surface area contributed by atoms with Crippen molar-refractivity contribution in [2.24, 2.45) is 0 Å². The van der Waals surface area contributed by atoms with E-state index >= 15 is 0 Å². The van der Waals surface area contributed by atoms with Crippen molar-refractivity contribution in [3.8, 4) is 0 Å². The van der Waals surface area contributed by atoms with Crippen LogP contribution in [0.15, 0.2) is 18.2 Å². The summed E-state index contributed by atoms with van der Waals surface area (Å²) in [4.78, 5) is 14.2. The molecule has 7 heteroatoms. The Morgan fingerprint density at radius 2 is 2.17 bits per heavy atom. The molecule has 0 aliphatic heterocycles. The molecule has 0 fully saturated rings. The second kappa shape index (κ2) is 5.86. The van der Waals surface area contributed by atoms with Crippen molar-refractivity contribution in [2.75, 3.05) is 6.61 Å². The number of nitrogens with zero attached hydrogens (tertiary/aromatic N) is 1. The molecule has 1 aromatic rings. The molecule has 0 bridgehead atoms. The van der Waals surface area contributed by atoms with Crippen LogP contribution in [-0.4, -0.2) is 17.6 Å². The van der Waals surface area contributed by atoms with Crippen molar-refractivity contribution in [3.63, 3.8) is 0 Å². The van der Waals surface area contributed by atoms with Crippen LogP contribution in [0, 0.1) is 0 Å². The predicted octanol–water partition coefficient (Wildman–Crippen LogP) is 3.33. The average molecular weight is 280 g/mol. The first kappa shape index (κ1) is 14.5. The minimum Gasteiger partial charge on any atom is -0.463 e. The number of carbonyl (C=O) groups is 1. The molecule has 0 N–H and O–H groups in total. The van der Waals surface area contributed by atoms with Crippen molar-refractivity contribution >= 4 is 23.6 Å². The lowest BCUT2D eigenvalue weighted by molar-refractivity contribution is -0.141. The summed E-state index contributed by atoms with van der Waals surface area (Å²) in [7, 11) is 0. The van der Waals surface area contributed by atoms with E-state index in [-0.39, 0.29) is 17.3 Å². The predicted molar refractivity (Wildman–Crippen MR) is 59.9 cm³/mol. The zero-order valence-electron chi connectivity index (χ0n) is 9.29. The number of carbonyl (C=O) groups excluding carboxylic acids is 1. The van der Waals surface area contributed by atoms with Crippen LogP contribution in [0.3, 0.4) is 0 Å². The monoisotopic (exact) mass is 279 g/mol. The Morgan fingerprint density at radius 3 is 2.72 bits per heavy atom. The van der Waals surface area contributed by atoms with Crippen LogP contribution in [0.4, 0.5) is 13.2 Å². The van der Waals surface area contributed by atoms with Crippen molar-refractivity contribution in [2.45, 2.75) is 13.1 Å². The highest BCUT2D eigenvalue weighted by Gasteiger charge is 2.35. The highest BCUT2D eigenvalue weighted by molar-refractivity contribution is 6.29. The summed E-state index contributed by atoms with van der Waals surface area (Å²) >= 11 is 5.41. The van der Waals surface area contributed by atoms with Crippen LogP contribution in [0.5, 0.6) is 0 Å². The third-order valence-corrected chi connectivity index (χ3v) is 2.06. The van der Waals surface area contributed by atoms with Gasteiger partial charge in [0.2, 0.25) is 0 Å². The molecule has 0 aliphatic rings. The van der Waals surface area contributed by atoms with Gasteiger partial charge in [-0.1, -0.05) is 11.6 Å². The zero-order chi connectivity index (χ0) is 13.8. The van der Waals surface area contributed by atoms with Gasteiger partial charge in [-0.15, -0.1) is 0 Å². The lowest BCUT2D eigenvalue weighted by atomic mass is 10.1. The molecule has 1 rings (SSSR count). The second-order valence-electron chi connectivity index (χ2n) is 3.15. The Labute approximate surface area is 106 Å². The highest BCUT2D eigenvalue weighted by Crippen LogP contribution is 2.31. The maximum atomic E-state index is 12.6. The highest BCUT2D eigenvalue weighted by atomic mass is 35.5. The first-order chi connectivity index (χ1) is 8.34. The molecule has 1 aromatic heterocycles. The zero-order valence-corrected chi connectivity index (χ0v) is 10.0. The molecule has 3 nitrogen and oxygen atoms in total. The first-order valence-electron chi connectivity index (χ1n) is 4.93. The lowest BCUT2D eigenvalue weighted by Gasteiger charge is -2.09. The summed E-state index contributed by atoms with van der Waals surface area (Å²) in [5, 5.41) is -0.268. The lowest BCUT2D eigenvalue weighted by Crippen LogP contribution is -2.10. The number of ether oxygens (including phenoxy) is 1. The van der Waals surface area contributed by atoms with E-state index in [9.17, 15) is 18.0 Å². The molecular formula is C11H9ClF3NO2. The molecule has 0 unspecified atom stereocenters. The van der Waals surface area contributed by atoms with E-state index in [1.54, 1.807) is 6.92 Å². The van der Waals surface area contributed by atoms with Gasteiger partial charge in [0.25, 0.3) is 0 Å². The number of hydrogen-bond acceptors (Lipinski definition) is 3. The van der Waals surface area contributed by atoms with Gasteiger partial charge >= 0.3 is 12.1 Å². The largest absolute Gasteiger partial charge is 0.463 e. The molecule has 0 aromatic carbocycles. The van der Waals surface area contributed by atoms with E-state index in [2.05, 4.69) is 9.72 Å². The quantitative estimate of drug-likeness (QED) is 0.484. The van der Waals surface area contributed by atoms with Crippen LogP contribution in [-0.2, 0) is 15.7 Å². The standard InChI is InChI=1S/C11H9ClF3NO2/c1-2-18-9(17)6-4-7-3-5-8(12)16-10(7)11(13,14)15/h3-6H,2H2,1H3/b6-4+. The van der Waals surface area contributed by atoms with E-state index in [0.29, 0.717) is 0 Å². The normalized spacial score (nSPS) is 11.8. The minimum absolute atomic E-state index is 0.147. The van der Waals surface area contributed by atoms with Gasteiger partial charge in [-0.3, -0.25) is 0 Å². The fourth-order valence-corrected chi connectivity index (χ4v) is 1.30. The van der Waals surface area contributed by atoms with E-state index in [1.807, 2.05) is 0 Å². The fourth-order valence-electron chi connectivity index (χ4n) is 1.16. The average Bonchev–Trinajstić information content (AvgIpc) is 2.26. The van der Waals surface area contributed by atoms with Gasteiger partial charge in [0.05, 0.1) is 6.61 Å². The summed E-state index contributed by atoms with van der Waals surface area (Å²) in [5.74, 6) is -0.722. The Balaban J connectivity index is 3.06. The number of aromatic nitrogens is 1. The van der Waals surface area contributed by atoms with Crippen LogP contribution < -0.4 is 0 Å². The van der Waals surface area contributed by atoms with E-state index in [1.165, 1.54) is 6.07 Å². The Kier molecular flexibility index (Phi) is 4.72. The number of hydrogen-bond donors (Lipinski definition) is 0.